The molecule has 1 heterocycles. The third kappa shape index (κ3) is 2.56. The monoisotopic (exact) mass is 261 g/mol. The van der Waals surface area contributed by atoms with E-state index in [2.05, 4.69) is 17.1 Å². The highest BCUT2D eigenvalue weighted by atomic mass is 16.6. The van der Waals surface area contributed by atoms with Gasteiger partial charge in [-0.25, -0.2) is 0 Å². The molecule has 1 atom stereocenters. The molecule has 1 saturated heterocycles. The zero-order valence-electron chi connectivity index (χ0n) is 11.1. The Morgan fingerprint density at radius 2 is 2.21 bits per heavy atom. The second-order valence-electron chi connectivity index (χ2n) is 5.58. The van der Waals surface area contributed by atoms with E-state index in [4.69, 9.17) is 0 Å². The van der Waals surface area contributed by atoms with Crippen molar-refractivity contribution in [1.82, 2.24) is 5.32 Å². The smallest absolute Gasteiger partial charge is 0.273 e. The van der Waals surface area contributed by atoms with E-state index >= 15 is 0 Å². The van der Waals surface area contributed by atoms with Gasteiger partial charge in [0.15, 0.2) is 0 Å². The third-order valence-corrected chi connectivity index (χ3v) is 3.96. The standard InChI is InChI=1S/C14H19N3O2/c1-10-9-16(7-6-15-10)12-4-5-14(17(18)19)13(8-12)11-2-3-11/h4-5,8,10-11,15H,2-3,6-7,9H2,1H3. The zero-order valence-corrected chi connectivity index (χ0v) is 11.1. The molecule has 1 N–H and O–H groups in total. The summed E-state index contributed by atoms with van der Waals surface area (Å²) < 4.78 is 0. The van der Waals surface area contributed by atoms with Crippen molar-refractivity contribution < 1.29 is 4.92 Å². The molecule has 1 unspecified atom stereocenters. The van der Waals surface area contributed by atoms with Crippen molar-refractivity contribution in [2.75, 3.05) is 24.5 Å². The van der Waals surface area contributed by atoms with E-state index in [1.165, 1.54) is 0 Å². The van der Waals surface area contributed by atoms with Crippen molar-refractivity contribution in [2.24, 2.45) is 0 Å². The largest absolute Gasteiger partial charge is 0.369 e. The van der Waals surface area contributed by atoms with E-state index in [1.54, 1.807) is 6.07 Å². The minimum Gasteiger partial charge on any atom is -0.369 e. The van der Waals surface area contributed by atoms with Crippen LogP contribution >= 0.6 is 0 Å². The van der Waals surface area contributed by atoms with Crippen molar-refractivity contribution >= 4 is 11.4 Å². The van der Waals surface area contributed by atoms with Crippen LogP contribution in [-0.4, -0.2) is 30.6 Å². The minimum absolute atomic E-state index is 0.252. The number of rotatable bonds is 3. The molecule has 0 aromatic heterocycles. The van der Waals surface area contributed by atoms with Crippen LogP contribution in [0.4, 0.5) is 11.4 Å². The maximum atomic E-state index is 11.1. The Labute approximate surface area is 112 Å². The lowest BCUT2D eigenvalue weighted by molar-refractivity contribution is -0.385. The van der Waals surface area contributed by atoms with Gasteiger partial charge in [0, 0.05) is 43.0 Å². The van der Waals surface area contributed by atoms with Gasteiger partial charge in [0.1, 0.15) is 0 Å². The molecule has 1 aromatic carbocycles. The summed E-state index contributed by atoms with van der Waals surface area (Å²) in [5.74, 6) is 0.403. The number of anilines is 1. The van der Waals surface area contributed by atoms with Crippen LogP contribution in [0.25, 0.3) is 0 Å². The van der Waals surface area contributed by atoms with Crippen LogP contribution in [0.15, 0.2) is 18.2 Å². The van der Waals surface area contributed by atoms with E-state index in [1.807, 2.05) is 12.1 Å². The topological polar surface area (TPSA) is 58.4 Å². The summed E-state index contributed by atoms with van der Waals surface area (Å²) in [7, 11) is 0. The fourth-order valence-corrected chi connectivity index (χ4v) is 2.79. The predicted molar refractivity (Wildman–Crippen MR) is 74.7 cm³/mol. The van der Waals surface area contributed by atoms with Gasteiger partial charge in [-0.3, -0.25) is 10.1 Å². The van der Waals surface area contributed by atoms with E-state index in [0.717, 1.165) is 43.7 Å². The highest BCUT2D eigenvalue weighted by molar-refractivity contribution is 5.58. The molecular formula is C14H19N3O2. The lowest BCUT2D eigenvalue weighted by Gasteiger charge is -2.33. The fourth-order valence-electron chi connectivity index (χ4n) is 2.79. The first-order chi connectivity index (χ1) is 9.15. The van der Waals surface area contributed by atoms with Crippen LogP contribution in [0.2, 0.25) is 0 Å². The van der Waals surface area contributed by atoms with Gasteiger partial charge >= 0.3 is 0 Å². The van der Waals surface area contributed by atoms with Crippen LogP contribution in [0.1, 0.15) is 31.2 Å². The minimum atomic E-state index is -0.252. The normalized spacial score (nSPS) is 23.4. The number of nitro groups is 1. The summed E-state index contributed by atoms with van der Waals surface area (Å²) in [6, 6.07) is 6.07. The first-order valence-corrected chi connectivity index (χ1v) is 6.92. The molecule has 0 amide bonds. The van der Waals surface area contributed by atoms with Crippen molar-refractivity contribution in [3.05, 3.63) is 33.9 Å². The fraction of sp³-hybridized carbons (Fsp3) is 0.571. The molecular weight excluding hydrogens is 242 g/mol. The Morgan fingerprint density at radius 3 is 2.84 bits per heavy atom. The Morgan fingerprint density at radius 1 is 1.42 bits per heavy atom. The Balaban J connectivity index is 1.90. The maximum Gasteiger partial charge on any atom is 0.273 e. The molecule has 2 aliphatic rings. The molecule has 0 spiro atoms. The highest BCUT2D eigenvalue weighted by Gasteiger charge is 2.31. The van der Waals surface area contributed by atoms with Crippen LogP contribution in [-0.2, 0) is 0 Å². The molecule has 102 valence electrons. The molecule has 0 bridgehead atoms. The van der Waals surface area contributed by atoms with Crippen LogP contribution in [0, 0.1) is 10.1 Å². The van der Waals surface area contributed by atoms with Gasteiger partial charge in [0.2, 0.25) is 0 Å². The van der Waals surface area contributed by atoms with Gasteiger partial charge in [0.25, 0.3) is 5.69 Å². The van der Waals surface area contributed by atoms with Crippen molar-refractivity contribution in [3.8, 4) is 0 Å². The first-order valence-electron chi connectivity index (χ1n) is 6.92. The lowest BCUT2D eigenvalue weighted by atomic mass is 10.1. The average molecular weight is 261 g/mol. The summed E-state index contributed by atoms with van der Waals surface area (Å²) in [5, 5.41) is 14.5. The van der Waals surface area contributed by atoms with Gasteiger partial charge < -0.3 is 10.2 Å². The molecule has 2 fully saturated rings. The van der Waals surface area contributed by atoms with Gasteiger partial charge in [-0.05, 0) is 37.8 Å². The first kappa shape index (κ1) is 12.4. The van der Waals surface area contributed by atoms with E-state index in [0.29, 0.717) is 12.0 Å². The molecule has 19 heavy (non-hydrogen) atoms. The van der Waals surface area contributed by atoms with Gasteiger partial charge in [0.05, 0.1) is 4.92 Å². The Kier molecular flexibility index (Phi) is 3.14. The number of nitro benzene ring substituents is 1. The van der Waals surface area contributed by atoms with E-state index < -0.39 is 0 Å². The average Bonchev–Trinajstić information content (AvgIpc) is 3.22. The van der Waals surface area contributed by atoms with Crippen LogP contribution < -0.4 is 10.2 Å². The molecule has 1 saturated carbocycles. The molecule has 5 nitrogen and oxygen atoms in total. The summed E-state index contributed by atoms with van der Waals surface area (Å²) >= 11 is 0. The summed E-state index contributed by atoms with van der Waals surface area (Å²) in [5.41, 5.74) is 2.34. The summed E-state index contributed by atoms with van der Waals surface area (Å²) in [6.45, 7) is 5.06. The summed E-state index contributed by atoms with van der Waals surface area (Å²) in [4.78, 5) is 13.1. The number of hydrogen-bond donors (Lipinski definition) is 1. The second kappa shape index (κ2) is 4.81. The summed E-state index contributed by atoms with van der Waals surface area (Å²) in [6.07, 6.45) is 2.17. The SMILES string of the molecule is CC1CN(c2ccc([N+](=O)[O-])c(C3CC3)c2)CCN1. The van der Waals surface area contributed by atoms with Crippen molar-refractivity contribution in [3.63, 3.8) is 0 Å². The molecule has 1 aliphatic heterocycles. The third-order valence-electron chi connectivity index (χ3n) is 3.96. The van der Waals surface area contributed by atoms with Crippen molar-refractivity contribution in [1.29, 1.82) is 0 Å². The lowest BCUT2D eigenvalue weighted by Crippen LogP contribution is -2.49. The van der Waals surface area contributed by atoms with E-state index in [9.17, 15) is 10.1 Å². The number of piperazine rings is 1. The number of nitrogens with one attached hydrogen (secondary N) is 1. The Bertz CT molecular complexity index is 499. The zero-order chi connectivity index (χ0) is 13.4. The molecule has 1 aliphatic carbocycles. The molecule has 5 heteroatoms. The number of hydrogen-bond acceptors (Lipinski definition) is 4. The highest BCUT2D eigenvalue weighted by Crippen LogP contribution is 2.45. The molecule has 0 radical (unpaired) electrons. The van der Waals surface area contributed by atoms with Gasteiger partial charge in [-0.15, -0.1) is 0 Å². The van der Waals surface area contributed by atoms with E-state index in [-0.39, 0.29) is 10.6 Å². The molecule has 1 aromatic rings. The number of nitrogens with zero attached hydrogens (tertiary/aromatic N) is 2. The van der Waals surface area contributed by atoms with Crippen LogP contribution in [0.3, 0.4) is 0 Å². The Hall–Kier alpha value is -1.62. The van der Waals surface area contributed by atoms with Crippen molar-refractivity contribution in [2.45, 2.75) is 31.7 Å². The predicted octanol–water partition coefficient (Wildman–Crippen LogP) is 2.27. The van der Waals surface area contributed by atoms with Gasteiger partial charge in [-0.2, -0.15) is 0 Å². The molecule has 3 rings (SSSR count). The van der Waals surface area contributed by atoms with Gasteiger partial charge in [-0.1, -0.05) is 0 Å². The van der Waals surface area contributed by atoms with Crippen LogP contribution in [0.5, 0.6) is 0 Å². The second-order valence-corrected chi connectivity index (χ2v) is 5.58. The number of benzene rings is 1. The maximum absolute atomic E-state index is 11.1. The quantitative estimate of drug-likeness (QED) is 0.670.